The number of ether oxygens (including phenoxy) is 1. The summed E-state index contributed by atoms with van der Waals surface area (Å²) >= 11 is 5.99. The van der Waals surface area contributed by atoms with Crippen LogP contribution in [0.4, 0.5) is 0 Å². The zero-order chi connectivity index (χ0) is 13.5. The topological polar surface area (TPSA) is 39.1 Å². The number of benzene rings is 1. The number of hydrogen-bond donors (Lipinski definition) is 1. The van der Waals surface area contributed by atoms with Crippen LogP contribution in [0.3, 0.4) is 0 Å². The van der Waals surface area contributed by atoms with E-state index in [0.29, 0.717) is 0 Å². The van der Waals surface area contributed by atoms with Gasteiger partial charge in [0, 0.05) is 36.1 Å². The molecular formula is C14H18Cl3N3O-2. The van der Waals surface area contributed by atoms with Gasteiger partial charge in [-0.3, -0.25) is 0 Å². The molecular weight excluding hydrogens is 333 g/mol. The molecule has 0 amide bonds. The van der Waals surface area contributed by atoms with Gasteiger partial charge in [0.05, 0.1) is 13.4 Å². The van der Waals surface area contributed by atoms with Crippen molar-refractivity contribution in [2.75, 3.05) is 13.7 Å². The monoisotopic (exact) mass is 349 g/mol. The highest BCUT2D eigenvalue weighted by molar-refractivity contribution is 6.30. The van der Waals surface area contributed by atoms with Crippen molar-refractivity contribution in [3.8, 4) is 5.75 Å². The van der Waals surface area contributed by atoms with Gasteiger partial charge in [-0.1, -0.05) is 11.6 Å². The fourth-order valence-corrected chi connectivity index (χ4v) is 2.11. The number of halogens is 3. The molecule has 0 saturated carbocycles. The molecule has 0 bridgehead atoms. The summed E-state index contributed by atoms with van der Waals surface area (Å²) in [5, 5.41) is 4.13. The maximum Gasteiger partial charge on any atom is 0.123 e. The van der Waals surface area contributed by atoms with Crippen LogP contribution in [0.25, 0.3) is 0 Å². The quantitative estimate of drug-likeness (QED) is 0.533. The van der Waals surface area contributed by atoms with Crippen molar-refractivity contribution in [3.05, 3.63) is 47.5 Å². The number of aryl methyl sites for hydroxylation is 1. The molecule has 0 aliphatic carbocycles. The number of rotatable bonds is 7. The second-order valence-electron chi connectivity index (χ2n) is 4.29. The van der Waals surface area contributed by atoms with E-state index >= 15 is 0 Å². The smallest absolute Gasteiger partial charge is 0.123 e. The molecule has 2 aromatic rings. The van der Waals surface area contributed by atoms with Gasteiger partial charge in [-0.05, 0) is 31.2 Å². The molecule has 2 rings (SSSR count). The molecule has 0 saturated heterocycles. The van der Waals surface area contributed by atoms with Crippen LogP contribution in [-0.2, 0) is 13.1 Å². The van der Waals surface area contributed by atoms with Crippen LogP contribution in [0.1, 0.15) is 12.0 Å². The lowest BCUT2D eigenvalue weighted by atomic mass is 10.2. The van der Waals surface area contributed by atoms with Crippen molar-refractivity contribution in [1.82, 2.24) is 14.9 Å². The van der Waals surface area contributed by atoms with E-state index in [1.54, 1.807) is 13.3 Å². The van der Waals surface area contributed by atoms with E-state index < -0.39 is 0 Å². The summed E-state index contributed by atoms with van der Waals surface area (Å²) in [6.45, 7) is 2.67. The highest BCUT2D eigenvalue weighted by Crippen LogP contribution is 2.22. The average Bonchev–Trinajstić information content (AvgIpc) is 2.92. The zero-order valence-corrected chi connectivity index (χ0v) is 14.0. The van der Waals surface area contributed by atoms with Crippen molar-refractivity contribution in [2.24, 2.45) is 0 Å². The predicted octanol–water partition coefficient (Wildman–Crippen LogP) is -3.27. The van der Waals surface area contributed by atoms with E-state index in [-0.39, 0.29) is 24.8 Å². The molecule has 0 atom stereocenters. The number of imidazole rings is 1. The summed E-state index contributed by atoms with van der Waals surface area (Å²) in [4.78, 5) is 4.01. The molecule has 0 fully saturated rings. The van der Waals surface area contributed by atoms with E-state index in [1.807, 2.05) is 30.7 Å². The normalized spacial score (nSPS) is 9.62. The van der Waals surface area contributed by atoms with Gasteiger partial charge in [0.2, 0.25) is 0 Å². The first-order valence-electron chi connectivity index (χ1n) is 6.28. The molecule has 0 spiro atoms. The number of nitrogens with one attached hydrogen (secondary N) is 1. The molecule has 1 heterocycles. The molecule has 1 N–H and O–H groups in total. The van der Waals surface area contributed by atoms with Crippen molar-refractivity contribution in [3.63, 3.8) is 0 Å². The van der Waals surface area contributed by atoms with Crippen LogP contribution in [0.5, 0.6) is 5.75 Å². The van der Waals surface area contributed by atoms with Gasteiger partial charge in [-0.25, -0.2) is 4.98 Å². The summed E-state index contributed by atoms with van der Waals surface area (Å²) in [5.74, 6) is 0.867. The maximum atomic E-state index is 5.99. The predicted molar refractivity (Wildman–Crippen MR) is 76.6 cm³/mol. The Morgan fingerprint density at radius 1 is 1.33 bits per heavy atom. The number of methoxy groups -OCH3 is 1. The molecule has 118 valence electrons. The second-order valence-corrected chi connectivity index (χ2v) is 4.72. The molecule has 21 heavy (non-hydrogen) atoms. The Morgan fingerprint density at radius 2 is 2.14 bits per heavy atom. The largest absolute Gasteiger partial charge is 1.00 e. The van der Waals surface area contributed by atoms with Gasteiger partial charge < -0.3 is 39.4 Å². The first kappa shape index (κ1) is 20.1. The Labute approximate surface area is 142 Å². The van der Waals surface area contributed by atoms with E-state index in [1.165, 1.54) is 0 Å². The lowest BCUT2D eigenvalue weighted by molar-refractivity contribution is -0.00100. The van der Waals surface area contributed by atoms with Crippen molar-refractivity contribution in [1.29, 1.82) is 0 Å². The highest BCUT2D eigenvalue weighted by atomic mass is 35.5. The van der Waals surface area contributed by atoms with Crippen LogP contribution in [-0.4, -0.2) is 23.2 Å². The number of hydrogen-bond acceptors (Lipinski definition) is 3. The van der Waals surface area contributed by atoms with Crippen LogP contribution in [0, 0.1) is 0 Å². The minimum Gasteiger partial charge on any atom is -1.00 e. The maximum absolute atomic E-state index is 5.99. The Morgan fingerprint density at radius 3 is 2.81 bits per heavy atom. The fraction of sp³-hybridized carbons (Fsp3) is 0.357. The summed E-state index contributed by atoms with van der Waals surface area (Å²) < 4.78 is 7.38. The van der Waals surface area contributed by atoms with E-state index in [4.69, 9.17) is 16.3 Å². The molecule has 0 aliphatic rings. The van der Waals surface area contributed by atoms with Crippen LogP contribution < -0.4 is 34.9 Å². The Bertz CT molecular complexity index is 506. The summed E-state index contributed by atoms with van der Waals surface area (Å²) in [6, 6.07) is 5.66. The summed E-state index contributed by atoms with van der Waals surface area (Å²) in [5.41, 5.74) is 1.08. The first-order valence-corrected chi connectivity index (χ1v) is 6.66. The first-order chi connectivity index (χ1) is 9.29. The van der Waals surface area contributed by atoms with Crippen molar-refractivity contribution in [2.45, 2.75) is 19.5 Å². The van der Waals surface area contributed by atoms with Gasteiger partial charge >= 0.3 is 0 Å². The van der Waals surface area contributed by atoms with Crippen LogP contribution in [0.15, 0.2) is 36.9 Å². The fourth-order valence-electron chi connectivity index (χ4n) is 1.91. The number of nitrogens with zero attached hydrogens (tertiary/aromatic N) is 2. The van der Waals surface area contributed by atoms with Gasteiger partial charge in [0.1, 0.15) is 5.75 Å². The number of aromatic nitrogens is 2. The molecule has 7 heteroatoms. The third kappa shape index (κ3) is 6.57. The summed E-state index contributed by atoms with van der Waals surface area (Å²) in [7, 11) is 1.67. The molecule has 0 radical (unpaired) electrons. The summed E-state index contributed by atoms with van der Waals surface area (Å²) in [6.07, 6.45) is 6.66. The Balaban J connectivity index is 0.00000200. The highest BCUT2D eigenvalue weighted by Gasteiger charge is 2.03. The standard InChI is InChI=1S/C14H18ClN3O.2ClH/c1-19-14-4-3-13(15)9-12(14)10-16-5-2-7-18-8-6-17-11-18;;/h3-4,6,8-9,11,16H,2,5,7,10H2,1H3;2*1H/p-2. The van der Waals surface area contributed by atoms with Crippen molar-refractivity contribution >= 4 is 11.6 Å². The molecule has 0 aliphatic heterocycles. The van der Waals surface area contributed by atoms with Gasteiger partial charge in [0.25, 0.3) is 0 Å². The van der Waals surface area contributed by atoms with Crippen molar-refractivity contribution < 1.29 is 29.6 Å². The average molecular weight is 351 g/mol. The minimum absolute atomic E-state index is 0. The van der Waals surface area contributed by atoms with E-state index in [2.05, 4.69) is 14.9 Å². The molecule has 1 aromatic heterocycles. The Kier molecular flexibility index (Phi) is 10.3. The van der Waals surface area contributed by atoms with Gasteiger partial charge in [0.15, 0.2) is 0 Å². The Hall–Kier alpha value is -0.940. The second kappa shape index (κ2) is 10.7. The third-order valence-corrected chi connectivity index (χ3v) is 3.12. The van der Waals surface area contributed by atoms with Gasteiger partial charge in [-0.15, -0.1) is 0 Å². The van der Waals surface area contributed by atoms with Crippen LogP contribution >= 0.6 is 11.6 Å². The third-order valence-electron chi connectivity index (χ3n) is 2.89. The zero-order valence-electron chi connectivity index (χ0n) is 11.7. The lowest BCUT2D eigenvalue weighted by Gasteiger charge is -2.10. The molecule has 4 nitrogen and oxygen atoms in total. The van der Waals surface area contributed by atoms with E-state index in [0.717, 1.165) is 42.4 Å². The molecule has 1 aromatic carbocycles. The SMILES string of the molecule is COc1ccc(Cl)cc1CNCCCn1ccnc1.[Cl-].[Cl-]. The lowest BCUT2D eigenvalue weighted by Crippen LogP contribution is -3.00. The molecule has 0 unspecified atom stereocenters. The van der Waals surface area contributed by atoms with Gasteiger partial charge in [-0.2, -0.15) is 0 Å². The van der Waals surface area contributed by atoms with E-state index in [9.17, 15) is 0 Å². The minimum atomic E-state index is 0. The van der Waals surface area contributed by atoms with Crippen LogP contribution in [0.2, 0.25) is 5.02 Å².